The average Bonchev–Trinajstić information content (AvgIpc) is 2.62. The molecule has 0 aliphatic rings. The van der Waals surface area contributed by atoms with Gasteiger partial charge in [0.2, 0.25) is 4.58 Å². The van der Waals surface area contributed by atoms with Crippen molar-refractivity contribution in [2.75, 3.05) is 5.88 Å². The van der Waals surface area contributed by atoms with Crippen molar-refractivity contribution in [3.05, 3.63) is 16.1 Å². The lowest BCUT2D eigenvalue weighted by molar-refractivity contribution is 0.458. The van der Waals surface area contributed by atoms with Crippen molar-refractivity contribution in [3.8, 4) is 0 Å². The number of rotatable bonds is 4. The molecular formula is C8H14ClNO6S3. The van der Waals surface area contributed by atoms with Gasteiger partial charge in [-0.1, -0.05) is 0 Å². The molecule has 7 nitrogen and oxygen atoms in total. The van der Waals surface area contributed by atoms with Crippen LogP contribution in [-0.4, -0.2) is 41.4 Å². The zero-order valence-electron chi connectivity index (χ0n) is 10.1. The van der Waals surface area contributed by atoms with E-state index in [1.54, 1.807) is 11.3 Å². The highest BCUT2D eigenvalue weighted by Crippen LogP contribution is 2.12. The molecule has 0 fully saturated rings. The summed E-state index contributed by atoms with van der Waals surface area (Å²) in [7, 11) is -9.40. The van der Waals surface area contributed by atoms with E-state index in [-0.39, 0.29) is 0 Å². The van der Waals surface area contributed by atoms with E-state index in [0.29, 0.717) is 12.8 Å². The van der Waals surface area contributed by atoms with Gasteiger partial charge in [0.1, 0.15) is 0 Å². The van der Waals surface area contributed by atoms with Crippen LogP contribution in [0.15, 0.2) is 5.51 Å². The first kappa shape index (κ1) is 18.7. The Balaban J connectivity index is 0.000000342. The monoisotopic (exact) mass is 351 g/mol. The summed E-state index contributed by atoms with van der Waals surface area (Å²) in [5, 5.41) is 0. The first-order chi connectivity index (χ1) is 8.50. The second-order valence-corrected chi connectivity index (χ2v) is 8.49. The standard InChI is InChI=1S/C6H8ClNS.C2H6O6S2/c1-5-6(2-3-7)9-4-8-5;1-2(9(3,4)5)10(6,7)8/h4H,2-3H2,1H3;2H,1H3,(H,3,4,5)(H,6,7,8). The number of halogens is 1. The zero-order valence-corrected chi connectivity index (χ0v) is 13.4. The van der Waals surface area contributed by atoms with Crippen molar-refractivity contribution in [1.29, 1.82) is 0 Å². The number of hydrogen-bond acceptors (Lipinski definition) is 6. The molecule has 0 saturated carbocycles. The number of hydrogen-bond donors (Lipinski definition) is 2. The minimum Gasteiger partial charge on any atom is -0.284 e. The number of aromatic nitrogens is 1. The summed E-state index contributed by atoms with van der Waals surface area (Å²) in [6.45, 7) is 2.67. The molecule has 0 amide bonds. The minimum absolute atomic E-state index is 0.657. The molecule has 0 aliphatic carbocycles. The van der Waals surface area contributed by atoms with Crippen LogP contribution < -0.4 is 0 Å². The van der Waals surface area contributed by atoms with Crippen molar-refractivity contribution in [2.45, 2.75) is 24.9 Å². The van der Waals surface area contributed by atoms with Crippen molar-refractivity contribution < 1.29 is 25.9 Å². The van der Waals surface area contributed by atoms with E-state index in [4.69, 9.17) is 20.7 Å². The molecule has 0 spiro atoms. The summed E-state index contributed by atoms with van der Waals surface area (Å²) < 4.78 is 53.9. The summed E-state index contributed by atoms with van der Waals surface area (Å²) >= 11 is 7.22. The van der Waals surface area contributed by atoms with Gasteiger partial charge in [0.15, 0.2) is 0 Å². The Morgan fingerprint density at radius 2 is 1.79 bits per heavy atom. The number of nitrogens with zero attached hydrogens (tertiary/aromatic N) is 1. The van der Waals surface area contributed by atoms with Crippen molar-refractivity contribution in [2.24, 2.45) is 0 Å². The summed E-state index contributed by atoms with van der Waals surface area (Å²) in [5.74, 6) is 0.697. The smallest absolute Gasteiger partial charge is 0.284 e. The average molecular weight is 352 g/mol. The normalized spacial score (nSPS) is 12.1. The third kappa shape index (κ3) is 7.18. The van der Waals surface area contributed by atoms with Gasteiger partial charge in [0, 0.05) is 10.8 Å². The third-order valence-electron chi connectivity index (χ3n) is 2.01. The van der Waals surface area contributed by atoms with Gasteiger partial charge in [-0.3, -0.25) is 9.11 Å². The fraction of sp³-hybridized carbons (Fsp3) is 0.625. The van der Waals surface area contributed by atoms with Crippen LogP contribution in [0.1, 0.15) is 17.5 Å². The Morgan fingerprint density at radius 1 is 1.32 bits per heavy atom. The largest absolute Gasteiger partial charge is 0.284 e. The second-order valence-electron chi connectivity index (χ2n) is 3.40. The number of aryl methyl sites for hydroxylation is 2. The molecule has 11 heteroatoms. The highest BCUT2D eigenvalue weighted by Gasteiger charge is 2.29. The topological polar surface area (TPSA) is 122 Å². The first-order valence-corrected chi connectivity index (χ1v) is 9.29. The molecule has 0 radical (unpaired) electrons. The van der Waals surface area contributed by atoms with E-state index in [1.165, 1.54) is 4.88 Å². The lowest BCUT2D eigenvalue weighted by atomic mass is 10.3. The van der Waals surface area contributed by atoms with Gasteiger partial charge >= 0.3 is 0 Å². The van der Waals surface area contributed by atoms with E-state index >= 15 is 0 Å². The predicted octanol–water partition coefficient (Wildman–Crippen LogP) is 1.34. The molecule has 0 unspecified atom stereocenters. The molecule has 0 aromatic carbocycles. The van der Waals surface area contributed by atoms with Crippen LogP contribution in [0, 0.1) is 6.92 Å². The Bertz CT molecular complexity index is 562. The highest BCUT2D eigenvalue weighted by molar-refractivity contribution is 8.03. The first-order valence-electron chi connectivity index (χ1n) is 4.87. The summed E-state index contributed by atoms with van der Waals surface area (Å²) in [5.41, 5.74) is 2.98. The minimum atomic E-state index is -4.70. The van der Waals surface area contributed by atoms with Gasteiger partial charge in [0.05, 0.1) is 11.2 Å². The Kier molecular flexibility index (Phi) is 7.40. The SMILES string of the molecule is CC(S(=O)(=O)O)S(=O)(=O)O.Cc1ncsc1CCCl. The molecule has 1 aromatic rings. The van der Waals surface area contributed by atoms with Gasteiger partial charge in [0.25, 0.3) is 20.2 Å². The Morgan fingerprint density at radius 3 is 2.00 bits per heavy atom. The van der Waals surface area contributed by atoms with Crippen LogP contribution in [0.2, 0.25) is 0 Å². The van der Waals surface area contributed by atoms with Crippen LogP contribution in [0.5, 0.6) is 0 Å². The maximum Gasteiger partial charge on any atom is 0.284 e. The Labute approximate surface area is 121 Å². The maximum atomic E-state index is 9.99. The van der Waals surface area contributed by atoms with Crippen LogP contribution in [0.25, 0.3) is 0 Å². The predicted molar refractivity (Wildman–Crippen MR) is 73.8 cm³/mol. The molecular weight excluding hydrogens is 338 g/mol. The molecule has 0 bridgehead atoms. The molecule has 19 heavy (non-hydrogen) atoms. The van der Waals surface area contributed by atoms with Crippen LogP contribution in [0.3, 0.4) is 0 Å². The Hall–Kier alpha value is -0.260. The molecule has 112 valence electrons. The summed E-state index contributed by atoms with van der Waals surface area (Å²) in [6, 6.07) is 0. The molecule has 1 heterocycles. The van der Waals surface area contributed by atoms with E-state index in [1.807, 2.05) is 12.4 Å². The molecule has 1 rings (SSSR count). The lowest BCUT2D eigenvalue weighted by Crippen LogP contribution is -2.25. The highest BCUT2D eigenvalue weighted by atomic mass is 35.5. The van der Waals surface area contributed by atoms with Gasteiger partial charge in [-0.25, -0.2) is 4.98 Å². The fourth-order valence-electron chi connectivity index (χ4n) is 0.806. The van der Waals surface area contributed by atoms with Gasteiger partial charge in [-0.2, -0.15) is 16.8 Å². The summed E-state index contributed by atoms with van der Waals surface area (Å²) in [6.07, 6.45) is 0.956. The quantitative estimate of drug-likeness (QED) is 0.620. The zero-order chi connectivity index (χ0) is 15.3. The van der Waals surface area contributed by atoms with Gasteiger partial charge in [-0.15, -0.1) is 22.9 Å². The van der Waals surface area contributed by atoms with E-state index in [2.05, 4.69) is 4.98 Å². The number of alkyl halides is 1. The summed E-state index contributed by atoms with van der Waals surface area (Å²) in [4.78, 5) is 5.41. The van der Waals surface area contributed by atoms with E-state index < -0.39 is 24.8 Å². The number of thiazole rings is 1. The molecule has 0 saturated heterocycles. The van der Waals surface area contributed by atoms with Gasteiger partial charge < -0.3 is 0 Å². The fourth-order valence-corrected chi connectivity index (χ4v) is 3.12. The van der Waals surface area contributed by atoms with Gasteiger partial charge in [-0.05, 0) is 20.3 Å². The van der Waals surface area contributed by atoms with E-state index in [9.17, 15) is 16.8 Å². The molecule has 1 aromatic heterocycles. The lowest BCUT2D eigenvalue weighted by Gasteiger charge is -2.01. The molecule has 2 N–H and O–H groups in total. The van der Waals surface area contributed by atoms with Crippen LogP contribution >= 0.6 is 22.9 Å². The maximum absolute atomic E-state index is 9.99. The van der Waals surface area contributed by atoms with Crippen molar-refractivity contribution in [3.63, 3.8) is 0 Å². The van der Waals surface area contributed by atoms with Crippen LogP contribution in [0.4, 0.5) is 0 Å². The second kappa shape index (κ2) is 7.50. The van der Waals surface area contributed by atoms with Crippen LogP contribution in [-0.2, 0) is 26.7 Å². The van der Waals surface area contributed by atoms with E-state index in [0.717, 1.165) is 12.1 Å². The molecule has 0 atom stereocenters. The molecule has 0 aliphatic heterocycles. The third-order valence-corrected chi connectivity index (χ3v) is 6.33. The van der Waals surface area contributed by atoms with Crippen molar-refractivity contribution >= 4 is 43.2 Å². The van der Waals surface area contributed by atoms with Crippen molar-refractivity contribution in [1.82, 2.24) is 4.98 Å².